The molecule has 0 bridgehead atoms. The van der Waals surface area contributed by atoms with Gasteiger partial charge in [-0.1, -0.05) is 27.2 Å². The fraction of sp³-hybridized carbons (Fsp3) is 1.00. The van der Waals surface area contributed by atoms with Gasteiger partial charge in [0.1, 0.15) is 0 Å². The first-order valence-corrected chi connectivity index (χ1v) is 6.99. The van der Waals surface area contributed by atoms with Crippen molar-refractivity contribution in [1.82, 2.24) is 10.2 Å². The summed E-state index contributed by atoms with van der Waals surface area (Å²) in [5.41, 5.74) is 0.441. The van der Waals surface area contributed by atoms with E-state index in [1.54, 1.807) is 0 Å². The number of nitrogens with zero attached hydrogens (tertiary/aromatic N) is 1. The van der Waals surface area contributed by atoms with Crippen LogP contribution in [0.5, 0.6) is 0 Å². The van der Waals surface area contributed by atoms with Gasteiger partial charge in [-0.3, -0.25) is 0 Å². The molecule has 1 atom stereocenters. The Morgan fingerprint density at radius 1 is 1.19 bits per heavy atom. The number of piperidine rings is 1. The largest absolute Gasteiger partial charge is 0.312 e. The van der Waals surface area contributed by atoms with Crippen LogP contribution >= 0.6 is 0 Å². The third kappa shape index (κ3) is 5.31. The highest BCUT2D eigenvalue weighted by atomic mass is 15.1. The molecule has 1 fully saturated rings. The van der Waals surface area contributed by atoms with Gasteiger partial charge in [-0.05, 0) is 44.7 Å². The first-order valence-electron chi connectivity index (χ1n) is 6.99. The first-order chi connectivity index (χ1) is 7.53. The minimum absolute atomic E-state index is 0.441. The van der Waals surface area contributed by atoms with Gasteiger partial charge in [0.2, 0.25) is 0 Å². The van der Waals surface area contributed by atoms with Crippen LogP contribution in [0.25, 0.3) is 0 Å². The molecule has 1 rings (SSSR count). The number of rotatable bonds is 6. The Bertz CT molecular complexity index is 183. The lowest BCUT2D eigenvalue weighted by Crippen LogP contribution is -2.44. The minimum Gasteiger partial charge on any atom is -0.312 e. The van der Waals surface area contributed by atoms with Crippen LogP contribution in [0.1, 0.15) is 53.4 Å². The second-order valence-corrected chi connectivity index (χ2v) is 6.16. The summed E-state index contributed by atoms with van der Waals surface area (Å²) in [5, 5.41) is 3.68. The Morgan fingerprint density at radius 3 is 2.38 bits per heavy atom. The van der Waals surface area contributed by atoms with Crippen molar-refractivity contribution in [3.05, 3.63) is 0 Å². The minimum atomic E-state index is 0.441. The molecule has 1 saturated heterocycles. The maximum atomic E-state index is 3.68. The zero-order valence-corrected chi connectivity index (χ0v) is 11.7. The molecule has 0 amide bonds. The Balaban J connectivity index is 2.17. The summed E-state index contributed by atoms with van der Waals surface area (Å²) in [6, 6.07) is 0.629. The van der Waals surface area contributed by atoms with Crippen molar-refractivity contribution in [3.8, 4) is 0 Å². The van der Waals surface area contributed by atoms with E-state index in [9.17, 15) is 0 Å². The highest BCUT2D eigenvalue weighted by molar-refractivity contribution is 4.75. The van der Waals surface area contributed by atoms with E-state index in [1.807, 2.05) is 0 Å². The standard InChI is InChI=1S/C14H30N2/c1-5-14(3,4)12-15-13(2)11-16-9-7-6-8-10-16/h13,15H,5-12H2,1-4H3. The number of nitrogens with one attached hydrogen (secondary N) is 1. The molecule has 0 spiro atoms. The molecular weight excluding hydrogens is 196 g/mol. The first kappa shape index (κ1) is 14.0. The van der Waals surface area contributed by atoms with Gasteiger partial charge in [-0.15, -0.1) is 0 Å². The summed E-state index contributed by atoms with van der Waals surface area (Å²) in [6.45, 7) is 14.3. The van der Waals surface area contributed by atoms with Gasteiger partial charge in [0, 0.05) is 19.1 Å². The van der Waals surface area contributed by atoms with Crippen LogP contribution in [0.4, 0.5) is 0 Å². The van der Waals surface area contributed by atoms with Crippen molar-refractivity contribution in [2.45, 2.75) is 59.4 Å². The molecule has 2 nitrogen and oxygen atoms in total. The molecule has 1 aliphatic heterocycles. The van der Waals surface area contributed by atoms with Gasteiger partial charge in [0.05, 0.1) is 0 Å². The van der Waals surface area contributed by atoms with Crippen molar-refractivity contribution < 1.29 is 0 Å². The summed E-state index contributed by atoms with van der Waals surface area (Å²) in [4.78, 5) is 2.61. The normalized spacial score (nSPS) is 21.0. The van der Waals surface area contributed by atoms with Gasteiger partial charge in [-0.25, -0.2) is 0 Å². The third-order valence-corrected chi connectivity index (χ3v) is 3.87. The van der Waals surface area contributed by atoms with Gasteiger partial charge >= 0.3 is 0 Å². The van der Waals surface area contributed by atoms with Gasteiger partial charge in [0.25, 0.3) is 0 Å². The highest BCUT2D eigenvalue weighted by Gasteiger charge is 2.17. The number of hydrogen-bond acceptors (Lipinski definition) is 2. The predicted octanol–water partition coefficient (Wildman–Crippen LogP) is 2.89. The Hall–Kier alpha value is -0.0800. The second kappa shape index (κ2) is 6.61. The molecular formula is C14H30N2. The highest BCUT2D eigenvalue weighted by Crippen LogP contribution is 2.18. The smallest absolute Gasteiger partial charge is 0.0166 e. The monoisotopic (exact) mass is 226 g/mol. The summed E-state index contributed by atoms with van der Waals surface area (Å²) in [6.07, 6.45) is 5.47. The lowest BCUT2D eigenvalue weighted by molar-refractivity contribution is 0.200. The quantitative estimate of drug-likeness (QED) is 0.749. The molecule has 1 aliphatic rings. The summed E-state index contributed by atoms with van der Waals surface area (Å²) >= 11 is 0. The Morgan fingerprint density at radius 2 is 1.81 bits per heavy atom. The van der Waals surface area contributed by atoms with Gasteiger partial charge in [-0.2, -0.15) is 0 Å². The van der Waals surface area contributed by atoms with Crippen LogP contribution < -0.4 is 5.32 Å². The van der Waals surface area contributed by atoms with Crippen molar-refractivity contribution in [1.29, 1.82) is 0 Å². The predicted molar refractivity (Wildman–Crippen MR) is 71.8 cm³/mol. The topological polar surface area (TPSA) is 15.3 Å². The number of hydrogen-bond donors (Lipinski definition) is 1. The summed E-state index contributed by atoms with van der Waals surface area (Å²) < 4.78 is 0. The van der Waals surface area contributed by atoms with Crippen LogP contribution in [-0.4, -0.2) is 37.1 Å². The maximum Gasteiger partial charge on any atom is 0.0166 e. The van der Waals surface area contributed by atoms with Gasteiger partial charge in [0.15, 0.2) is 0 Å². The molecule has 0 aromatic rings. The third-order valence-electron chi connectivity index (χ3n) is 3.87. The molecule has 96 valence electrons. The van der Waals surface area contributed by atoms with E-state index in [-0.39, 0.29) is 0 Å². The molecule has 1 unspecified atom stereocenters. The van der Waals surface area contributed by atoms with E-state index in [0.717, 1.165) is 6.54 Å². The lowest BCUT2D eigenvalue weighted by Gasteiger charge is -2.31. The fourth-order valence-electron chi connectivity index (χ4n) is 2.17. The van der Waals surface area contributed by atoms with Crippen LogP contribution in [0.2, 0.25) is 0 Å². The zero-order chi connectivity index (χ0) is 12.0. The average Bonchev–Trinajstić information content (AvgIpc) is 2.28. The molecule has 0 saturated carbocycles. The van der Waals surface area contributed by atoms with E-state index in [4.69, 9.17) is 0 Å². The molecule has 2 heteroatoms. The Labute approximate surface area is 102 Å². The van der Waals surface area contributed by atoms with Gasteiger partial charge < -0.3 is 10.2 Å². The van der Waals surface area contributed by atoms with Crippen molar-refractivity contribution in [3.63, 3.8) is 0 Å². The molecule has 0 aliphatic carbocycles. The van der Waals surface area contributed by atoms with E-state index < -0.39 is 0 Å². The summed E-state index contributed by atoms with van der Waals surface area (Å²) in [5.74, 6) is 0. The van der Waals surface area contributed by atoms with E-state index in [1.165, 1.54) is 45.3 Å². The fourth-order valence-corrected chi connectivity index (χ4v) is 2.17. The van der Waals surface area contributed by atoms with E-state index in [2.05, 4.69) is 37.9 Å². The van der Waals surface area contributed by atoms with E-state index in [0.29, 0.717) is 11.5 Å². The van der Waals surface area contributed by atoms with Crippen LogP contribution in [0.15, 0.2) is 0 Å². The average molecular weight is 226 g/mol. The molecule has 0 aromatic heterocycles. The number of likely N-dealkylation sites (tertiary alicyclic amines) is 1. The Kier molecular flexibility index (Phi) is 5.77. The molecule has 1 N–H and O–H groups in total. The van der Waals surface area contributed by atoms with Crippen molar-refractivity contribution in [2.75, 3.05) is 26.2 Å². The SMILES string of the molecule is CCC(C)(C)CNC(C)CN1CCCCC1. The van der Waals surface area contributed by atoms with Crippen molar-refractivity contribution in [2.24, 2.45) is 5.41 Å². The zero-order valence-electron chi connectivity index (χ0n) is 11.7. The molecule has 0 aromatic carbocycles. The second-order valence-electron chi connectivity index (χ2n) is 6.16. The molecule has 1 heterocycles. The summed E-state index contributed by atoms with van der Waals surface area (Å²) in [7, 11) is 0. The van der Waals surface area contributed by atoms with Crippen LogP contribution in [0, 0.1) is 5.41 Å². The lowest BCUT2D eigenvalue weighted by atomic mass is 9.90. The van der Waals surface area contributed by atoms with Crippen molar-refractivity contribution >= 4 is 0 Å². The van der Waals surface area contributed by atoms with Crippen LogP contribution in [-0.2, 0) is 0 Å². The molecule has 0 radical (unpaired) electrons. The molecule has 16 heavy (non-hydrogen) atoms. The maximum absolute atomic E-state index is 3.68. The van der Waals surface area contributed by atoms with E-state index >= 15 is 0 Å². The van der Waals surface area contributed by atoms with Crippen LogP contribution in [0.3, 0.4) is 0 Å².